The van der Waals surface area contributed by atoms with Crippen LogP contribution in [-0.2, 0) is 4.79 Å². The van der Waals surface area contributed by atoms with Crippen molar-refractivity contribution in [3.63, 3.8) is 0 Å². The Morgan fingerprint density at radius 2 is 2.06 bits per heavy atom. The highest BCUT2D eigenvalue weighted by molar-refractivity contribution is 6.35. The van der Waals surface area contributed by atoms with E-state index in [4.69, 9.17) is 23.2 Å². The third-order valence-electron chi connectivity index (χ3n) is 2.53. The van der Waals surface area contributed by atoms with E-state index in [1.165, 1.54) is 0 Å². The highest BCUT2D eigenvalue weighted by Crippen LogP contribution is 2.25. The Morgan fingerprint density at radius 1 is 1.41 bits per heavy atom. The molecule has 0 saturated carbocycles. The maximum absolute atomic E-state index is 11.7. The molecule has 3 nitrogen and oxygen atoms in total. The number of carbonyl (C=O) groups excluding carboxylic acids is 1. The van der Waals surface area contributed by atoms with Crippen LogP contribution in [0.2, 0.25) is 10.0 Å². The van der Waals surface area contributed by atoms with Gasteiger partial charge in [-0.1, -0.05) is 23.2 Å². The summed E-state index contributed by atoms with van der Waals surface area (Å²) in [4.78, 5) is 13.4. The number of amides is 1. The Labute approximate surface area is 112 Å². The SMILES string of the molecule is CC(C)N(C)C(=O)CNc1cc(Cl)ccc1Cl. The molecule has 94 valence electrons. The van der Waals surface area contributed by atoms with Gasteiger partial charge in [0.2, 0.25) is 5.91 Å². The molecule has 1 N–H and O–H groups in total. The standard InChI is InChI=1S/C12H16Cl2N2O/c1-8(2)16(3)12(17)7-15-11-6-9(13)4-5-10(11)14/h4-6,8,15H,7H2,1-3H3. The molecule has 0 fully saturated rings. The van der Waals surface area contributed by atoms with Crippen molar-refractivity contribution in [2.24, 2.45) is 0 Å². The molecular formula is C12H16Cl2N2O. The van der Waals surface area contributed by atoms with E-state index in [1.54, 1.807) is 30.1 Å². The zero-order chi connectivity index (χ0) is 13.0. The van der Waals surface area contributed by atoms with Gasteiger partial charge in [-0.15, -0.1) is 0 Å². The molecule has 0 heterocycles. The van der Waals surface area contributed by atoms with E-state index in [-0.39, 0.29) is 18.5 Å². The van der Waals surface area contributed by atoms with Gasteiger partial charge in [0.05, 0.1) is 17.3 Å². The van der Waals surface area contributed by atoms with E-state index in [9.17, 15) is 4.79 Å². The number of nitrogens with zero attached hydrogens (tertiary/aromatic N) is 1. The van der Waals surface area contributed by atoms with Crippen LogP contribution >= 0.6 is 23.2 Å². The molecule has 0 atom stereocenters. The highest BCUT2D eigenvalue weighted by Gasteiger charge is 2.12. The second-order valence-electron chi connectivity index (χ2n) is 4.08. The average molecular weight is 275 g/mol. The minimum absolute atomic E-state index is 0.0102. The number of likely N-dealkylation sites (N-methyl/N-ethyl adjacent to an activating group) is 1. The summed E-state index contributed by atoms with van der Waals surface area (Å²) in [5.74, 6) is 0.0102. The molecular weight excluding hydrogens is 259 g/mol. The molecule has 0 aliphatic heterocycles. The smallest absolute Gasteiger partial charge is 0.241 e. The molecule has 17 heavy (non-hydrogen) atoms. The van der Waals surface area contributed by atoms with E-state index in [1.807, 2.05) is 13.8 Å². The quantitative estimate of drug-likeness (QED) is 0.914. The lowest BCUT2D eigenvalue weighted by molar-refractivity contribution is -0.129. The second-order valence-corrected chi connectivity index (χ2v) is 4.92. The first-order valence-corrected chi connectivity index (χ1v) is 6.12. The van der Waals surface area contributed by atoms with Crippen LogP contribution < -0.4 is 5.32 Å². The zero-order valence-corrected chi connectivity index (χ0v) is 11.6. The van der Waals surface area contributed by atoms with Gasteiger partial charge >= 0.3 is 0 Å². The summed E-state index contributed by atoms with van der Waals surface area (Å²) in [5, 5.41) is 4.12. The van der Waals surface area contributed by atoms with E-state index in [0.717, 1.165) is 0 Å². The topological polar surface area (TPSA) is 32.3 Å². The Hall–Kier alpha value is -0.930. The van der Waals surface area contributed by atoms with Gasteiger partial charge in [0, 0.05) is 18.1 Å². The normalized spacial score (nSPS) is 10.5. The molecule has 0 radical (unpaired) electrons. The van der Waals surface area contributed by atoms with Crippen LogP contribution in [0.25, 0.3) is 0 Å². The van der Waals surface area contributed by atoms with E-state index in [2.05, 4.69) is 5.32 Å². The highest BCUT2D eigenvalue weighted by atomic mass is 35.5. The van der Waals surface area contributed by atoms with Crippen molar-refractivity contribution in [2.45, 2.75) is 19.9 Å². The van der Waals surface area contributed by atoms with Crippen LogP contribution in [0.4, 0.5) is 5.69 Å². The van der Waals surface area contributed by atoms with Crippen LogP contribution in [0.5, 0.6) is 0 Å². The van der Waals surface area contributed by atoms with Crippen molar-refractivity contribution in [3.8, 4) is 0 Å². The number of hydrogen-bond donors (Lipinski definition) is 1. The van der Waals surface area contributed by atoms with Gasteiger partial charge < -0.3 is 10.2 Å². The molecule has 0 saturated heterocycles. The first-order chi connectivity index (χ1) is 7.91. The maximum Gasteiger partial charge on any atom is 0.241 e. The third kappa shape index (κ3) is 4.10. The lowest BCUT2D eigenvalue weighted by Gasteiger charge is -2.22. The summed E-state index contributed by atoms with van der Waals surface area (Å²) in [7, 11) is 1.77. The van der Waals surface area contributed by atoms with Crippen molar-refractivity contribution in [3.05, 3.63) is 28.2 Å². The summed E-state index contributed by atoms with van der Waals surface area (Å²) >= 11 is 11.8. The van der Waals surface area contributed by atoms with Gasteiger partial charge in [0.25, 0.3) is 0 Å². The average Bonchev–Trinajstić information content (AvgIpc) is 2.28. The van der Waals surface area contributed by atoms with Crippen molar-refractivity contribution < 1.29 is 4.79 Å². The Kier molecular flexibility index (Phi) is 5.09. The minimum atomic E-state index is 0.0102. The van der Waals surface area contributed by atoms with Gasteiger partial charge in [0.15, 0.2) is 0 Å². The third-order valence-corrected chi connectivity index (χ3v) is 3.09. The number of hydrogen-bond acceptors (Lipinski definition) is 2. The molecule has 1 rings (SSSR count). The number of rotatable bonds is 4. The first-order valence-electron chi connectivity index (χ1n) is 5.36. The van der Waals surface area contributed by atoms with Crippen molar-refractivity contribution in [1.82, 2.24) is 4.90 Å². The summed E-state index contributed by atoms with van der Waals surface area (Å²) < 4.78 is 0. The molecule has 0 aliphatic carbocycles. The summed E-state index contributed by atoms with van der Waals surface area (Å²) in [6.45, 7) is 4.13. The van der Waals surface area contributed by atoms with Crippen molar-refractivity contribution >= 4 is 34.8 Å². The fourth-order valence-corrected chi connectivity index (χ4v) is 1.57. The predicted octanol–water partition coefficient (Wildman–Crippen LogP) is 3.27. The minimum Gasteiger partial charge on any atom is -0.375 e. The lowest BCUT2D eigenvalue weighted by Crippen LogP contribution is -2.37. The van der Waals surface area contributed by atoms with Crippen LogP contribution in [0.15, 0.2) is 18.2 Å². The monoisotopic (exact) mass is 274 g/mol. The van der Waals surface area contributed by atoms with E-state index >= 15 is 0 Å². The molecule has 0 aliphatic rings. The number of carbonyl (C=O) groups is 1. The lowest BCUT2D eigenvalue weighted by atomic mass is 10.3. The fraction of sp³-hybridized carbons (Fsp3) is 0.417. The van der Waals surface area contributed by atoms with Gasteiger partial charge in [-0.05, 0) is 32.0 Å². The second kappa shape index (κ2) is 6.12. The Balaban J connectivity index is 2.61. The summed E-state index contributed by atoms with van der Waals surface area (Å²) in [6.07, 6.45) is 0. The molecule has 1 aromatic carbocycles. The Bertz CT molecular complexity index is 407. The van der Waals surface area contributed by atoms with Gasteiger partial charge in [0.1, 0.15) is 0 Å². The fourth-order valence-electron chi connectivity index (χ4n) is 1.22. The zero-order valence-electron chi connectivity index (χ0n) is 10.1. The van der Waals surface area contributed by atoms with E-state index < -0.39 is 0 Å². The van der Waals surface area contributed by atoms with Crippen LogP contribution in [-0.4, -0.2) is 30.4 Å². The van der Waals surface area contributed by atoms with Crippen molar-refractivity contribution in [1.29, 1.82) is 0 Å². The van der Waals surface area contributed by atoms with Gasteiger partial charge in [-0.25, -0.2) is 0 Å². The number of anilines is 1. The van der Waals surface area contributed by atoms with Crippen LogP contribution in [0.1, 0.15) is 13.8 Å². The molecule has 0 bridgehead atoms. The maximum atomic E-state index is 11.7. The number of benzene rings is 1. The predicted molar refractivity (Wildman–Crippen MR) is 72.9 cm³/mol. The first kappa shape index (κ1) is 14.1. The number of halogens is 2. The molecule has 1 aromatic rings. The molecule has 0 spiro atoms. The molecule has 1 amide bonds. The van der Waals surface area contributed by atoms with Crippen LogP contribution in [0.3, 0.4) is 0 Å². The van der Waals surface area contributed by atoms with E-state index in [0.29, 0.717) is 15.7 Å². The molecule has 0 unspecified atom stereocenters. The summed E-state index contributed by atoms with van der Waals surface area (Å²) in [5.41, 5.74) is 0.671. The largest absolute Gasteiger partial charge is 0.375 e. The number of nitrogens with one attached hydrogen (secondary N) is 1. The van der Waals surface area contributed by atoms with Crippen molar-refractivity contribution in [2.75, 3.05) is 18.9 Å². The van der Waals surface area contributed by atoms with Gasteiger partial charge in [-0.3, -0.25) is 4.79 Å². The summed E-state index contributed by atoms with van der Waals surface area (Å²) in [6, 6.07) is 5.28. The van der Waals surface area contributed by atoms with Gasteiger partial charge in [-0.2, -0.15) is 0 Å². The molecule has 0 aromatic heterocycles. The van der Waals surface area contributed by atoms with Crippen LogP contribution in [0, 0.1) is 0 Å². The molecule has 5 heteroatoms. The Morgan fingerprint density at radius 3 is 2.65 bits per heavy atom.